The molecule has 4 rings (SSSR count). The number of hydrogen-bond donors (Lipinski definition) is 3. The van der Waals surface area contributed by atoms with Gasteiger partial charge in [-0.15, -0.1) is 0 Å². The van der Waals surface area contributed by atoms with Gasteiger partial charge in [-0.05, 0) is 72.8 Å². The fourth-order valence-electron chi connectivity index (χ4n) is 2.95. The Hall–Kier alpha value is -4.37. The fraction of sp³-hybridized carbons (Fsp3) is 0. The number of carbonyl (C=O) groups excluding carboxylic acids is 2. The summed E-state index contributed by atoms with van der Waals surface area (Å²) in [5, 5.41) is 5.42. The summed E-state index contributed by atoms with van der Waals surface area (Å²) >= 11 is 0. The van der Waals surface area contributed by atoms with Gasteiger partial charge in [0.05, 0.1) is 11.2 Å². The zero-order valence-electron chi connectivity index (χ0n) is 17.2. The number of nitrogens with one attached hydrogen (secondary N) is 3. The monoisotopic (exact) mass is 461 g/mol. The van der Waals surface area contributed by atoms with E-state index in [9.17, 15) is 18.0 Å². The number of rotatable bonds is 7. The molecule has 8 nitrogen and oxygen atoms in total. The molecule has 0 bridgehead atoms. The first-order chi connectivity index (χ1) is 15.9. The third-order valence-corrected chi connectivity index (χ3v) is 6.00. The Bertz CT molecular complexity index is 1350. The molecule has 3 aromatic carbocycles. The number of carbonyl (C=O) groups is 2. The number of furan rings is 1. The lowest BCUT2D eigenvalue weighted by atomic mass is 10.2. The van der Waals surface area contributed by atoms with Gasteiger partial charge < -0.3 is 15.1 Å². The first-order valence-corrected chi connectivity index (χ1v) is 11.3. The predicted octanol–water partition coefficient (Wildman–Crippen LogP) is 4.59. The van der Waals surface area contributed by atoms with Crippen LogP contribution in [0.2, 0.25) is 0 Å². The highest BCUT2D eigenvalue weighted by molar-refractivity contribution is 7.92. The molecule has 0 spiro atoms. The minimum Gasteiger partial charge on any atom is -0.459 e. The summed E-state index contributed by atoms with van der Waals surface area (Å²) in [6.07, 6.45) is 1.41. The summed E-state index contributed by atoms with van der Waals surface area (Å²) in [4.78, 5) is 24.6. The summed E-state index contributed by atoms with van der Waals surface area (Å²) in [5.41, 5.74) is 1.79. The maximum Gasteiger partial charge on any atom is 0.291 e. The van der Waals surface area contributed by atoms with Crippen LogP contribution in [0.5, 0.6) is 0 Å². The molecular weight excluding hydrogens is 442 g/mol. The van der Waals surface area contributed by atoms with Crippen LogP contribution in [-0.2, 0) is 10.0 Å². The van der Waals surface area contributed by atoms with E-state index in [1.54, 1.807) is 66.7 Å². The van der Waals surface area contributed by atoms with Crippen molar-refractivity contribution in [2.75, 3.05) is 15.4 Å². The number of amides is 2. The van der Waals surface area contributed by atoms with Crippen molar-refractivity contribution in [3.63, 3.8) is 0 Å². The van der Waals surface area contributed by atoms with Crippen LogP contribution in [0.25, 0.3) is 0 Å². The Morgan fingerprint density at radius 3 is 1.82 bits per heavy atom. The predicted molar refractivity (Wildman–Crippen MR) is 125 cm³/mol. The molecule has 33 heavy (non-hydrogen) atoms. The van der Waals surface area contributed by atoms with Gasteiger partial charge in [0.2, 0.25) is 0 Å². The highest BCUT2D eigenvalue weighted by atomic mass is 32.2. The van der Waals surface area contributed by atoms with Crippen LogP contribution >= 0.6 is 0 Å². The van der Waals surface area contributed by atoms with Crippen LogP contribution in [0, 0.1) is 0 Å². The van der Waals surface area contributed by atoms with Gasteiger partial charge in [0.25, 0.3) is 21.8 Å². The van der Waals surface area contributed by atoms with Crippen molar-refractivity contribution >= 4 is 38.9 Å². The molecule has 0 aliphatic rings. The molecule has 0 aliphatic carbocycles. The van der Waals surface area contributed by atoms with Gasteiger partial charge in [-0.1, -0.05) is 18.2 Å². The maximum absolute atomic E-state index is 12.5. The second-order valence-corrected chi connectivity index (χ2v) is 8.64. The molecular formula is C24H19N3O5S. The van der Waals surface area contributed by atoms with E-state index in [4.69, 9.17) is 4.42 Å². The van der Waals surface area contributed by atoms with Crippen LogP contribution in [-0.4, -0.2) is 20.2 Å². The van der Waals surface area contributed by atoms with Crippen molar-refractivity contribution in [1.29, 1.82) is 0 Å². The number of sulfonamides is 1. The molecule has 9 heteroatoms. The Kier molecular flexibility index (Phi) is 6.23. The molecule has 0 fully saturated rings. The van der Waals surface area contributed by atoms with Crippen molar-refractivity contribution in [2.24, 2.45) is 0 Å². The van der Waals surface area contributed by atoms with E-state index in [1.807, 2.05) is 0 Å². The molecule has 0 saturated carbocycles. The number of para-hydroxylation sites is 1. The minimum absolute atomic E-state index is 0.0413. The molecule has 3 N–H and O–H groups in total. The van der Waals surface area contributed by atoms with Crippen molar-refractivity contribution < 1.29 is 22.4 Å². The topological polar surface area (TPSA) is 118 Å². The van der Waals surface area contributed by atoms with Gasteiger partial charge in [0, 0.05) is 22.6 Å². The SMILES string of the molecule is O=C(Nc1ccc(NC(=O)c2ccco2)cc1)c1ccc(S(=O)(=O)Nc2ccccc2)cc1. The lowest BCUT2D eigenvalue weighted by molar-refractivity contribution is 0.0994. The first kappa shape index (κ1) is 21.8. The average Bonchev–Trinajstić information content (AvgIpc) is 3.36. The number of anilines is 3. The van der Waals surface area contributed by atoms with Crippen LogP contribution < -0.4 is 15.4 Å². The summed E-state index contributed by atoms with van der Waals surface area (Å²) in [6, 6.07) is 23.9. The fourth-order valence-corrected chi connectivity index (χ4v) is 4.00. The Labute approximate surface area is 190 Å². The van der Waals surface area contributed by atoms with Gasteiger partial charge in [-0.3, -0.25) is 14.3 Å². The van der Waals surface area contributed by atoms with E-state index in [0.29, 0.717) is 22.6 Å². The average molecular weight is 461 g/mol. The van der Waals surface area contributed by atoms with Crippen LogP contribution in [0.15, 0.2) is 107 Å². The maximum atomic E-state index is 12.5. The normalized spacial score (nSPS) is 10.9. The minimum atomic E-state index is -3.77. The molecule has 0 radical (unpaired) electrons. The second-order valence-electron chi connectivity index (χ2n) is 6.96. The van der Waals surface area contributed by atoms with Crippen molar-refractivity contribution in [3.8, 4) is 0 Å². The summed E-state index contributed by atoms with van der Waals surface area (Å²) < 4.78 is 32.5. The third kappa shape index (κ3) is 5.46. The molecule has 0 aliphatic heterocycles. The van der Waals surface area contributed by atoms with Crippen molar-refractivity contribution in [3.05, 3.63) is 109 Å². The summed E-state index contributed by atoms with van der Waals surface area (Å²) in [7, 11) is -3.77. The molecule has 166 valence electrons. The summed E-state index contributed by atoms with van der Waals surface area (Å²) in [6.45, 7) is 0. The standard InChI is InChI=1S/C24H19N3O5S/c28-23(25-18-10-12-19(13-11-18)26-24(29)22-7-4-16-32-22)17-8-14-21(15-9-17)33(30,31)27-20-5-2-1-3-6-20/h1-16,27H,(H,25,28)(H,26,29). The van der Waals surface area contributed by atoms with Crippen molar-refractivity contribution in [2.45, 2.75) is 4.90 Å². The lowest BCUT2D eigenvalue weighted by Gasteiger charge is -2.10. The lowest BCUT2D eigenvalue weighted by Crippen LogP contribution is -2.15. The summed E-state index contributed by atoms with van der Waals surface area (Å²) in [5.74, 6) is -0.590. The largest absolute Gasteiger partial charge is 0.459 e. The van der Waals surface area contributed by atoms with E-state index >= 15 is 0 Å². The van der Waals surface area contributed by atoms with E-state index in [-0.39, 0.29) is 16.6 Å². The molecule has 0 atom stereocenters. The Morgan fingerprint density at radius 2 is 1.24 bits per heavy atom. The van der Waals surface area contributed by atoms with Crippen molar-refractivity contribution in [1.82, 2.24) is 0 Å². The molecule has 0 saturated heterocycles. The van der Waals surface area contributed by atoms with Crippen LogP contribution in [0.1, 0.15) is 20.9 Å². The van der Waals surface area contributed by atoms with E-state index < -0.39 is 15.9 Å². The smallest absolute Gasteiger partial charge is 0.291 e. The van der Waals surface area contributed by atoms with E-state index in [2.05, 4.69) is 15.4 Å². The second kappa shape index (κ2) is 9.41. The highest BCUT2D eigenvalue weighted by Crippen LogP contribution is 2.18. The van der Waals surface area contributed by atoms with Gasteiger partial charge in [-0.25, -0.2) is 8.42 Å². The van der Waals surface area contributed by atoms with E-state index in [1.165, 1.54) is 30.5 Å². The Morgan fingerprint density at radius 1 is 0.636 bits per heavy atom. The quantitative estimate of drug-likeness (QED) is 0.372. The van der Waals surface area contributed by atoms with Gasteiger partial charge >= 0.3 is 0 Å². The molecule has 1 heterocycles. The van der Waals surface area contributed by atoms with Crippen LogP contribution in [0.3, 0.4) is 0 Å². The first-order valence-electron chi connectivity index (χ1n) is 9.85. The zero-order chi connectivity index (χ0) is 23.3. The molecule has 0 unspecified atom stereocenters. The molecule has 2 amide bonds. The van der Waals surface area contributed by atoms with Gasteiger partial charge in [-0.2, -0.15) is 0 Å². The highest BCUT2D eigenvalue weighted by Gasteiger charge is 2.15. The molecule has 4 aromatic rings. The van der Waals surface area contributed by atoms with E-state index in [0.717, 1.165) is 0 Å². The van der Waals surface area contributed by atoms with Crippen LogP contribution in [0.4, 0.5) is 17.1 Å². The number of hydrogen-bond acceptors (Lipinski definition) is 5. The molecule has 1 aromatic heterocycles. The third-order valence-electron chi connectivity index (χ3n) is 4.60. The van der Waals surface area contributed by atoms with Gasteiger partial charge in [0.15, 0.2) is 5.76 Å². The Balaban J connectivity index is 1.38. The number of benzene rings is 3. The zero-order valence-corrected chi connectivity index (χ0v) is 18.0. The van der Waals surface area contributed by atoms with Gasteiger partial charge in [0.1, 0.15) is 0 Å².